The number of para-hydroxylation sites is 1. The molecule has 0 unspecified atom stereocenters. The molecule has 0 aliphatic heterocycles. The number of aryl methyl sites for hydroxylation is 1. The van der Waals surface area contributed by atoms with Crippen molar-refractivity contribution >= 4 is 39.1 Å². The van der Waals surface area contributed by atoms with Crippen LogP contribution in [-0.4, -0.2) is 32.6 Å². The molecular weight excluding hydrogens is 360 g/mol. The molecule has 0 bridgehead atoms. The van der Waals surface area contributed by atoms with Crippen LogP contribution in [0.1, 0.15) is 21.5 Å². The molecule has 3 aromatic heterocycles. The first kappa shape index (κ1) is 17.2. The Labute approximate surface area is 159 Å². The summed E-state index contributed by atoms with van der Waals surface area (Å²) in [5.74, 6) is 0.485. The van der Waals surface area contributed by atoms with Gasteiger partial charge in [0, 0.05) is 29.8 Å². The van der Waals surface area contributed by atoms with E-state index in [-0.39, 0.29) is 5.91 Å². The van der Waals surface area contributed by atoms with E-state index in [4.69, 9.17) is 0 Å². The average Bonchev–Trinajstić information content (AvgIpc) is 3.33. The Hall–Kier alpha value is -3.26. The SMILES string of the molecule is Cc1cccc2c(CCNc3ccc(C(=O)Nc4nncs4)cn3)c[nH]c12. The number of carbonyl (C=O) groups excluding carboxylic acids is 1. The number of hydrogen-bond donors (Lipinski definition) is 3. The molecule has 3 N–H and O–H groups in total. The van der Waals surface area contributed by atoms with Gasteiger partial charge in [-0.15, -0.1) is 10.2 Å². The fraction of sp³-hybridized carbons (Fsp3) is 0.158. The Morgan fingerprint density at radius 2 is 2.19 bits per heavy atom. The number of benzene rings is 1. The fourth-order valence-electron chi connectivity index (χ4n) is 2.93. The zero-order valence-electron chi connectivity index (χ0n) is 14.7. The molecule has 0 fully saturated rings. The lowest BCUT2D eigenvalue weighted by Crippen LogP contribution is -2.13. The summed E-state index contributed by atoms with van der Waals surface area (Å²) in [5, 5.41) is 15.2. The highest BCUT2D eigenvalue weighted by Crippen LogP contribution is 2.21. The predicted octanol–water partition coefficient (Wildman–Crippen LogP) is 3.63. The van der Waals surface area contributed by atoms with Crippen LogP contribution in [0.2, 0.25) is 0 Å². The molecule has 0 aliphatic carbocycles. The minimum Gasteiger partial charge on any atom is -0.370 e. The predicted molar refractivity (Wildman–Crippen MR) is 107 cm³/mol. The molecule has 7 nitrogen and oxygen atoms in total. The summed E-state index contributed by atoms with van der Waals surface area (Å²) in [5.41, 5.74) is 5.75. The molecule has 0 saturated carbocycles. The fourth-order valence-corrected chi connectivity index (χ4v) is 3.37. The van der Waals surface area contributed by atoms with Crippen LogP contribution >= 0.6 is 11.3 Å². The molecule has 4 aromatic rings. The highest BCUT2D eigenvalue weighted by molar-refractivity contribution is 7.13. The minimum absolute atomic E-state index is 0.250. The van der Waals surface area contributed by atoms with Crippen molar-refractivity contribution in [2.24, 2.45) is 0 Å². The second kappa shape index (κ2) is 7.55. The molecule has 136 valence electrons. The third kappa shape index (κ3) is 3.80. The lowest BCUT2D eigenvalue weighted by Gasteiger charge is -2.06. The van der Waals surface area contributed by atoms with E-state index < -0.39 is 0 Å². The Morgan fingerprint density at radius 1 is 1.26 bits per heavy atom. The number of hydrogen-bond acceptors (Lipinski definition) is 6. The van der Waals surface area contributed by atoms with Gasteiger partial charge in [0.25, 0.3) is 5.91 Å². The first-order valence-electron chi connectivity index (χ1n) is 8.54. The van der Waals surface area contributed by atoms with Gasteiger partial charge in [-0.25, -0.2) is 4.98 Å². The van der Waals surface area contributed by atoms with E-state index >= 15 is 0 Å². The summed E-state index contributed by atoms with van der Waals surface area (Å²) < 4.78 is 0. The third-order valence-corrected chi connectivity index (χ3v) is 4.92. The number of pyridine rings is 1. The van der Waals surface area contributed by atoms with E-state index in [1.165, 1.54) is 33.4 Å². The first-order valence-corrected chi connectivity index (χ1v) is 9.42. The lowest BCUT2D eigenvalue weighted by molar-refractivity contribution is 0.102. The number of nitrogens with zero attached hydrogens (tertiary/aromatic N) is 3. The summed E-state index contributed by atoms with van der Waals surface area (Å²) in [6.45, 7) is 2.86. The summed E-state index contributed by atoms with van der Waals surface area (Å²) in [6, 6.07) is 9.86. The second-order valence-electron chi connectivity index (χ2n) is 6.12. The van der Waals surface area contributed by atoms with Gasteiger partial charge < -0.3 is 10.3 Å². The summed E-state index contributed by atoms with van der Waals surface area (Å²) in [7, 11) is 0. The van der Waals surface area contributed by atoms with E-state index in [2.05, 4.69) is 62.1 Å². The van der Waals surface area contributed by atoms with Crippen molar-refractivity contribution in [2.45, 2.75) is 13.3 Å². The molecule has 0 spiro atoms. The van der Waals surface area contributed by atoms with Crippen molar-refractivity contribution in [2.75, 3.05) is 17.2 Å². The Kier molecular flexibility index (Phi) is 4.80. The number of anilines is 2. The van der Waals surface area contributed by atoms with Gasteiger partial charge >= 0.3 is 0 Å². The van der Waals surface area contributed by atoms with Crippen LogP contribution in [0, 0.1) is 6.92 Å². The molecule has 3 heterocycles. The molecule has 1 aromatic carbocycles. The molecule has 8 heteroatoms. The number of H-pyrrole nitrogens is 1. The number of fused-ring (bicyclic) bond motifs is 1. The van der Waals surface area contributed by atoms with Crippen LogP contribution in [0.25, 0.3) is 10.9 Å². The highest BCUT2D eigenvalue weighted by Gasteiger charge is 2.09. The molecular formula is C19H18N6OS. The monoisotopic (exact) mass is 378 g/mol. The Morgan fingerprint density at radius 3 is 2.96 bits per heavy atom. The summed E-state index contributed by atoms with van der Waals surface area (Å²) in [6.07, 6.45) is 4.49. The van der Waals surface area contributed by atoms with E-state index in [1.54, 1.807) is 23.8 Å². The Bertz CT molecular complexity index is 1060. The van der Waals surface area contributed by atoms with E-state index in [1.807, 2.05) is 0 Å². The first-order chi connectivity index (χ1) is 13.2. The van der Waals surface area contributed by atoms with Crippen molar-refractivity contribution in [3.63, 3.8) is 0 Å². The van der Waals surface area contributed by atoms with Crippen LogP contribution in [0.4, 0.5) is 10.9 Å². The quantitative estimate of drug-likeness (QED) is 0.476. The maximum absolute atomic E-state index is 12.1. The largest absolute Gasteiger partial charge is 0.370 e. The van der Waals surface area contributed by atoms with Gasteiger partial charge in [0.1, 0.15) is 11.3 Å². The van der Waals surface area contributed by atoms with Crippen molar-refractivity contribution in [1.29, 1.82) is 0 Å². The Balaban J connectivity index is 1.34. The maximum Gasteiger partial charge on any atom is 0.259 e. The van der Waals surface area contributed by atoms with Gasteiger partial charge in [0.05, 0.1) is 5.56 Å². The zero-order valence-corrected chi connectivity index (χ0v) is 15.5. The van der Waals surface area contributed by atoms with E-state index in [0.717, 1.165) is 18.8 Å². The van der Waals surface area contributed by atoms with Gasteiger partial charge in [0.15, 0.2) is 0 Å². The molecule has 0 saturated heterocycles. The molecule has 0 atom stereocenters. The van der Waals surface area contributed by atoms with Crippen LogP contribution in [0.15, 0.2) is 48.2 Å². The van der Waals surface area contributed by atoms with Crippen molar-refractivity contribution in [3.8, 4) is 0 Å². The van der Waals surface area contributed by atoms with Crippen molar-refractivity contribution in [1.82, 2.24) is 20.2 Å². The lowest BCUT2D eigenvalue weighted by atomic mass is 10.1. The number of carbonyl (C=O) groups is 1. The number of rotatable bonds is 6. The number of amides is 1. The average molecular weight is 378 g/mol. The van der Waals surface area contributed by atoms with E-state index in [9.17, 15) is 4.79 Å². The molecule has 4 rings (SSSR count). The number of aromatic amines is 1. The highest BCUT2D eigenvalue weighted by atomic mass is 32.1. The second-order valence-corrected chi connectivity index (χ2v) is 6.95. The minimum atomic E-state index is -0.250. The number of nitrogens with one attached hydrogen (secondary N) is 3. The van der Waals surface area contributed by atoms with Gasteiger partial charge in [-0.1, -0.05) is 29.5 Å². The summed E-state index contributed by atoms with van der Waals surface area (Å²) in [4.78, 5) is 19.8. The standard InChI is InChI=1S/C19H18N6OS/c1-12-3-2-4-15-13(9-22-17(12)15)7-8-20-16-6-5-14(10-21-16)18(26)24-19-25-23-11-27-19/h2-6,9-11,22H,7-8H2,1H3,(H,20,21)(H,24,25,26). The van der Waals surface area contributed by atoms with Crippen LogP contribution in [-0.2, 0) is 6.42 Å². The maximum atomic E-state index is 12.1. The van der Waals surface area contributed by atoms with Gasteiger partial charge in [-0.2, -0.15) is 0 Å². The van der Waals surface area contributed by atoms with Gasteiger partial charge in [-0.05, 0) is 36.6 Å². The van der Waals surface area contributed by atoms with Crippen LogP contribution in [0.3, 0.4) is 0 Å². The topological polar surface area (TPSA) is 95.6 Å². The van der Waals surface area contributed by atoms with Crippen LogP contribution in [0.5, 0.6) is 0 Å². The molecule has 0 aliphatic rings. The van der Waals surface area contributed by atoms with Crippen LogP contribution < -0.4 is 10.6 Å². The zero-order chi connectivity index (χ0) is 18.6. The van der Waals surface area contributed by atoms with E-state index in [0.29, 0.717) is 10.7 Å². The van der Waals surface area contributed by atoms with Gasteiger partial charge in [-0.3, -0.25) is 10.1 Å². The normalized spacial score (nSPS) is 10.9. The van der Waals surface area contributed by atoms with Gasteiger partial charge in [0.2, 0.25) is 5.13 Å². The molecule has 0 radical (unpaired) electrons. The van der Waals surface area contributed by atoms with Crippen molar-refractivity contribution < 1.29 is 4.79 Å². The molecule has 27 heavy (non-hydrogen) atoms. The third-order valence-electron chi connectivity index (χ3n) is 4.32. The molecule has 1 amide bonds. The smallest absolute Gasteiger partial charge is 0.259 e. The number of aromatic nitrogens is 4. The summed E-state index contributed by atoms with van der Waals surface area (Å²) >= 11 is 1.27. The van der Waals surface area contributed by atoms with Crippen molar-refractivity contribution in [3.05, 3.63) is 64.9 Å².